The Labute approximate surface area is 114 Å². The molecule has 2 N–H and O–H groups in total. The lowest BCUT2D eigenvalue weighted by atomic mass is 9.94. The van der Waals surface area contributed by atoms with Crippen molar-refractivity contribution in [2.75, 3.05) is 13.1 Å². The molecular formula is C13H23N5O. The lowest BCUT2D eigenvalue weighted by Gasteiger charge is -2.37. The van der Waals surface area contributed by atoms with Crippen molar-refractivity contribution in [3.8, 4) is 0 Å². The van der Waals surface area contributed by atoms with E-state index in [0.29, 0.717) is 6.54 Å². The van der Waals surface area contributed by atoms with Gasteiger partial charge in [0, 0.05) is 13.1 Å². The molecule has 1 saturated heterocycles. The Hall–Kier alpha value is -1.43. The lowest BCUT2D eigenvalue weighted by molar-refractivity contribution is -0.138. The molecule has 6 nitrogen and oxygen atoms in total. The highest BCUT2D eigenvalue weighted by Crippen LogP contribution is 2.23. The van der Waals surface area contributed by atoms with Gasteiger partial charge in [-0.15, -0.1) is 0 Å². The maximum Gasteiger partial charge on any atom is 0.242 e. The summed E-state index contributed by atoms with van der Waals surface area (Å²) in [6, 6.07) is 0.220. The van der Waals surface area contributed by atoms with Gasteiger partial charge in [0.05, 0.1) is 11.6 Å². The Morgan fingerprint density at radius 1 is 1.58 bits per heavy atom. The average molecular weight is 265 g/mol. The average Bonchev–Trinajstić information content (AvgIpc) is 2.92. The number of aromatic nitrogens is 3. The third-order valence-electron chi connectivity index (χ3n) is 3.75. The quantitative estimate of drug-likeness (QED) is 0.879. The van der Waals surface area contributed by atoms with Gasteiger partial charge in [0.2, 0.25) is 5.91 Å². The molecule has 0 spiro atoms. The van der Waals surface area contributed by atoms with Crippen molar-refractivity contribution in [1.82, 2.24) is 19.7 Å². The first-order valence-corrected chi connectivity index (χ1v) is 6.97. The Morgan fingerprint density at radius 2 is 2.37 bits per heavy atom. The van der Waals surface area contributed by atoms with Gasteiger partial charge in [0.25, 0.3) is 0 Å². The highest BCUT2D eigenvalue weighted by atomic mass is 16.2. The van der Waals surface area contributed by atoms with E-state index in [-0.39, 0.29) is 11.9 Å². The summed E-state index contributed by atoms with van der Waals surface area (Å²) in [5.74, 6) is 0.0548. The van der Waals surface area contributed by atoms with E-state index in [4.69, 9.17) is 5.73 Å². The Bertz CT molecular complexity index is 415. The first-order chi connectivity index (χ1) is 9.04. The van der Waals surface area contributed by atoms with Crippen LogP contribution in [0.2, 0.25) is 0 Å². The standard InChI is InChI=1S/C13H23N5O/c1-3-6-13(2,14)12(19)17-7-4-5-11(8-17)18-10-15-9-16-18/h9-11H,3-8,14H2,1-2H3. The summed E-state index contributed by atoms with van der Waals surface area (Å²) in [5, 5.41) is 4.17. The number of hydrogen-bond acceptors (Lipinski definition) is 4. The van der Waals surface area contributed by atoms with Crippen LogP contribution in [0.5, 0.6) is 0 Å². The number of amides is 1. The van der Waals surface area contributed by atoms with E-state index in [0.717, 1.165) is 32.2 Å². The van der Waals surface area contributed by atoms with E-state index >= 15 is 0 Å². The summed E-state index contributed by atoms with van der Waals surface area (Å²) in [6.07, 6.45) is 6.90. The van der Waals surface area contributed by atoms with Crippen LogP contribution in [0.1, 0.15) is 45.6 Å². The minimum atomic E-state index is -0.751. The van der Waals surface area contributed by atoms with Crippen molar-refractivity contribution < 1.29 is 4.79 Å². The molecule has 0 bridgehead atoms. The fraction of sp³-hybridized carbons (Fsp3) is 0.769. The lowest BCUT2D eigenvalue weighted by Crippen LogP contribution is -2.55. The number of nitrogens with two attached hydrogens (primary N) is 1. The molecule has 1 aromatic heterocycles. The van der Waals surface area contributed by atoms with Crippen molar-refractivity contribution in [2.24, 2.45) is 5.73 Å². The van der Waals surface area contributed by atoms with Crippen LogP contribution in [-0.4, -0.2) is 44.2 Å². The van der Waals surface area contributed by atoms with E-state index < -0.39 is 5.54 Å². The Morgan fingerprint density at radius 3 is 3.00 bits per heavy atom. The van der Waals surface area contributed by atoms with Crippen molar-refractivity contribution in [1.29, 1.82) is 0 Å². The fourth-order valence-corrected chi connectivity index (χ4v) is 2.75. The number of carbonyl (C=O) groups excluding carboxylic acids is 1. The van der Waals surface area contributed by atoms with Crippen molar-refractivity contribution in [3.63, 3.8) is 0 Å². The van der Waals surface area contributed by atoms with Crippen LogP contribution in [0.25, 0.3) is 0 Å². The zero-order valence-electron chi connectivity index (χ0n) is 11.7. The monoisotopic (exact) mass is 265 g/mol. The summed E-state index contributed by atoms with van der Waals surface area (Å²) < 4.78 is 1.84. The largest absolute Gasteiger partial charge is 0.339 e. The van der Waals surface area contributed by atoms with Crippen LogP contribution in [0.4, 0.5) is 0 Å². The van der Waals surface area contributed by atoms with E-state index in [1.807, 2.05) is 23.4 Å². The molecule has 0 radical (unpaired) electrons. The Kier molecular flexibility index (Phi) is 4.19. The zero-order valence-corrected chi connectivity index (χ0v) is 11.7. The van der Waals surface area contributed by atoms with E-state index in [1.165, 1.54) is 6.33 Å². The molecule has 1 aromatic rings. The summed E-state index contributed by atoms with van der Waals surface area (Å²) >= 11 is 0. The number of rotatable bonds is 4. The molecule has 1 aliphatic heterocycles. The molecular weight excluding hydrogens is 242 g/mol. The SMILES string of the molecule is CCCC(C)(N)C(=O)N1CCCC(n2cncn2)C1. The summed E-state index contributed by atoms with van der Waals surface area (Å²) in [7, 11) is 0. The van der Waals surface area contributed by atoms with Gasteiger partial charge in [-0.2, -0.15) is 5.10 Å². The van der Waals surface area contributed by atoms with Gasteiger partial charge in [-0.05, 0) is 26.2 Å². The molecule has 0 saturated carbocycles. The first-order valence-electron chi connectivity index (χ1n) is 6.97. The third-order valence-corrected chi connectivity index (χ3v) is 3.75. The van der Waals surface area contributed by atoms with Gasteiger partial charge in [-0.1, -0.05) is 13.3 Å². The number of carbonyl (C=O) groups is 1. The predicted molar refractivity (Wildman–Crippen MR) is 72.4 cm³/mol. The maximum atomic E-state index is 12.5. The van der Waals surface area contributed by atoms with Gasteiger partial charge in [-0.3, -0.25) is 4.79 Å². The molecule has 2 rings (SSSR count). The van der Waals surface area contributed by atoms with Gasteiger partial charge in [0.15, 0.2) is 0 Å². The van der Waals surface area contributed by atoms with E-state index in [9.17, 15) is 4.79 Å². The maximum absolute atomic E-state index is 12.5. The number of piperidine rings is 1. The van der Waals surface area contributed by atoms with E-state index in [1.54, 1.807) is 6.33 Å². The molecule has 0 aliphatic carbocycles. The second kappa shape index (κ2) is 5.69. The molecule has 19 heavy (non-hydrogen) atoms. The van der Waals surface area contributed by atoms with Gasteiger partial charge in [-0.25, -0.2) is 9.67 Å². The Balaban J connectivity index is 2.03. The van der Waals surface area contributed by atoms with Crippen LogP contribution in [0.15, 0.2) is 12.7 Å². The van der Waals surface area contributed by atoms with Gasteiger partial charge in [0.1, 0.15) is 12.7 Å². The number of nitrogens with zero attached hydrogens (tertiary/aromatic N) is 4. The topological polar surface area (TPSA) is 77.0 Å². The minimum Gasteiger partial charge on any atom is -0.339 e. The molecule has 2 unspecified atom stereocenters. The summed E-state index contributed by atoms with van der Waals surface area (Å²) in [5.41, 5.74) is 5.39. The van der Waals surface area contributed by atoms with Crippen LogP contribution in [-0.2, 0) is 4.79 Å². The fourth-order valence-electron chi connectivity index (χ4n) is 2.75. The van der Waals surface area contributed by atoms with Crippen LogP contribution < -0.4 is 5.73 Å². The van der Waals surface area contributed by atoms with Gasteiger partial charge < -0.3 is 10.6 Å². The van der Waals surface area contributed by atoms with Crippen LogP contribution in [0.3, 0.4) is 0 Å². The third kappa shape index (κ3) is 3.12. The number of likely N-dealkylation sites (tertiary alicyclic amines) is 1. The predicted octanol–water partition coefficient (Wildman–Crippen LogP) is 0.959. The highest BCUT2D eigenvalue weighted by molar-refractivity contribution is 5.85. The minimum absolute atomic E-state index is 0.0548. The van der Waals surface area contributed by atoms with Crippen molar-refractivity contribution >= 4 is 5.91 Å². The summed E-state index contributed by atoms with van der Waals surface area (Å²) in [4.78, 5) is 18.3. The molecule has 2 atom stereocenters. The smallest absolute Gasteiger partial charge is 0.242 e. The first kappa shape index (κ1) is 14.0. The molecule has 1 aliphatic rings. The van der Waals surface area contributed by atoms with Crippen LogP contribution >= 0.6 is 0 Å². The second-order valence-electron chi connectivity index (χ2n) is 5.59. The molecule has 0 aromatic carbocycles. The van der Waals surface area contributed by atoms with E-state index in [2.05, 4.69) is 10.1 Å². The van der Waals surface area contributed by atoms with Crippen molar-refractivity contribution in [2.45, 2.75) is 51.1 Å². The molecule has 2 heterocycles. The second-order valence-corrected chi connectivity index (χ2v) is 5.59. The zero-order chi connectivity index (χ0) is 13.9. The van der Waals surface area contributed by atoms with Crippen LogP contribution in [0, 0.1) is 0 Å². The summed E-state index contributed by atoms with van der Waals surface area (Å²) in [6.45, 7) is 5.35. The molecule has 1 fully saturated rings. The van der Waals surface area contributed by atoms with Gasteiger partial charge >= 0.3 is 0 Å². The molecule has 6 heteroatoms. The molecule has 106 valence electrons. The normalized spacial score (nSPS) is 23.1. The highest BCUT2D eigenvalue weighted by Gasteiger charge is 2.34. The number of hydrogen-bond donors (Lipinski definition) is 1. The van der Waals surface area contributed by atoms with Crippen molar-refractivity contribution in [3.05, 3.63) is 12.7 Å². The molecule has 1 amide bonds.